The van der Waals surface area contributed by atoms with E-state index in [0.717, 1.165) is 0 Å². The minimum atomic E-state index is -1.05. The van der Waals surface area contributed by atoms with Crippen LogP contribution >= 0.6 is 0 Å². The quantitative estimate of drug-likeness (QED) is 0.544. The van der Waals surface area contributed by atoms with E-state index in [9.17, 15) is 5.11 Å². The number of ether oxygens (including phenoxy) is 2. The lowest BCUT2D eigenvalue weighted by molar-refractivity contribution is -0.156. The van der Waals surface area contributed by atoms with Gasteiger partial charge in [0.2, 0.25) is 5.79 Å². The molecule has 0 saturated heterocycles. The molecule has 1 N–H and O–H groups in total. The average Bonchev–Trinajstić information content (AvgIpc) is 2.12. The van der Waals surface area contributed by atoms with Gasteiger partial charge in [-0.1, -0.05) is 12.7 Å². The number of hydrogen-bond acceptors (Lipinski definition) is 3. The Balaban J connectivity index is 5.28. The summed E-state index contributed by atoms with van der Waals surface area (Å²) in [4.78, 5) is 0. The van der Waals surface area contributed by atoms with Crippen molar-refractivity contribution >= 4 is 0 Å². The summed E-state index contributed by atoms with van der Waals surface area (Å²) in [6.07, 6.45) is 3.30. The zero-order chi connectivity index (χ0) is 11.4. The van der Waals surface area contributed by atoms with Crippen LogP contribution in [0.25, 0.3) is 0 Å². The number of rotatable bonds is 5. The third kappa shape index (κ3) is 2.44. The van der Waals surface area contributed by atoms with Gasteiger partial charge in [-0.2, -0.15) is 0 Å². The van der Waals surface area contributed by atoms with Crippen LogP contribution in [0.1, 0.15) is 20.8 Å². The SMILES string of the molecule is C=CC(OC)(OC)/C(=C/C)C(C)(C)O. The highest BCUT2D eigenvalue weighted by Gasteiger charge is 2.38. The van der Waals surface area contributed by atoms with Crippen LogP contribution in [0.3, 0.4) is 0 Å². The lowest BCUT2D eigenvalue weighted by Gasteiger charge is -2.36. The Morgan fingerprint density at radius 3 is 1.79 bits per heavy atom. The summed E-state index contributed by atoms with van der Waals surface area (Å²) in [5.74, 6) is -1.05. The van der Waals surface area contributed by atoms with E-state index in [1.807, 2.05) is 6.92 Å². The molecule has 0 aromatic rings. The van der Waals surface area contributed by atoms with E-state index in [0.29, 0.717) is 5.57 Å². The summed E-state index contributed by atoms with van der Waals surface area (Å²) in [5.41, 5.74) is -0.375. The standard InChI is InChI=1S/C11H20O3/c1-7-9(10(3,4)12)11(8-2,13-5)14-6/h7-8,12H,2H2,1,3-6H3/b9-7+. The summed E-state index contributed by atoms with van der Waals surface area (Å²) in [5, 5.41) is 9.93. The molecule has 14 heavy (non-hydrogen) atoms. The molecule has 0 atom stereocenters. The van der Waals surface area contributed by atoms with Gasteiger partial charge in [0.25, 0.3) is 0 Å². The minimum Gasteiger partial charge on any atom is -0.386 e. The number of aliphatic hydroxyl groups is 1. The van der Waals surface area contributed by atoms with Gasteiger partial charge in [-0.05, 0) is 26.8 Å². The maximum atomic E-state index is 9.93. The number of methoxy groups -OCH3 is 2. The molecule has 0 aliphatic heterocycles. The molecule has 0 aromatic heterocycles. The molecular weight excluding hydrogens is 180 g/mol. The molecule has 0 saturated carbocycles. The molecule has 0 aliphatic rings. The van der Waals surface area contributed by atoms with Gasteiger partial charge >= 0.3 is 0 Å². The van der Waals surface area contributed by atoms with E-state index in [4.69, 9.17) is 9.47 Å². The molecule has 0 aromatic carbocycles. The molecule has 0 amide bonds. The molecule has 0 bridgehead atoms. The summed E-state index contributed by atoms with van der Waals surface area (Å²) in [7, 11) is 3.03. The van der Waals surface area contributed by atoms with Crippen molar-refractivity contribution in [1.29, 1.82) is 0 Å². The van der Waals surface area contributed by atoms with Crippen LogP contribution in [0.2, 0.25) is 0 Å². The van der Waals surface area contributed by atoms with Crippen molar-refractivity contribution in [3.63, 3.8) is 0 Å². The van der Waals surface area contributed by atoms with Crippen LogP contribution in [0.4, 0.5) is 0 Å². The van der Waals surface area contributed by atoms with Crippen molar-refractivity contribution in [2.24, 2.45) is 0 Å². The van der Waals surface area contributed by atoms with Gasteiger partial charge in [0.05, 0.1) is 5.60 Å². The monoisotopic (exact) mass is 200 g/mol. The first-order valence-electron chi connectivity index (χ1n) is 4.51. The van der Waals surface area contributed by atoms with Crippen LogP contribution < -0.4 is 0 Å². The van der Waals surface area contributed by atoms with Gasteiger partial charge in [-0.3, -0.25) is 0 Å². The van der Waals surface area contributed by atoms with Crippen molar-refractivity contribution < 1.29 is 14.6 Å². The van der Waals surface area contributed by atoms with Gasteiger partial charge in [0, 0.05) is 19.8 Å². The fraction of sp³-hybridized carbons (Fsp3) is 0.636. The maximum absolute atomic E-state index is 9.93. The molecule has 0 radical (unpaired) electrons. The van der Waals surface area contributed by atoms with Crippen molar-refractivity contribution in [3.8, 4) is 0 Å². The molecule has 82 valence electrons. The predicted octanol–water partition coefficient (Wildman–Crippen LogP) is 1.88. The molecule has 0 spiro atoms. The Labute approximate surface area is 86.0 Å². The Morgan fingerprint density at radius 2 is 1.71 bits per heavy atom. The molecule has 0 fully saturated rings. The second-order valence-electron chi connectivity index (χ2n) is 3.54. The lowest BCUT2D eigenvalue weighted by Crippen LogP contribution is -2.42. The first-order valence-corrected chi connectivity index (χ1v) is 4.51. The van der Waals surface area contributed by atoms with Crippen LogP contribution in [0.5, 0.6) is 0 Å². The van der Waals surface area contributed by atoms with Gasteiger partial charge < -0.3 is 14.6 Å². The molecule has 3 heteroatoms. The minimum absolute atomic E-state index is 0.630. The van der Waals surface area contributed by atoms with E-state index >= 15 is 0 Å². The first kappa shape index (κ1) is 13.4. The molecule has 0 unspecified atom stereocenters. The Kier molecular flexibility index (Phi) is 4.52. The van der Waals surface area contributed by atoms with Crippen molar-refractivity contribution in [2.75, 3.05) is 14.2 Å². The smallest absolute Gasteiger partial charge is 0.212 e. The van der Waals surface area contributed by atoms with Gasteiger partial charge in [-0.25, -0.2) is 0 Å². The number of hydrogen-bond donors (Lipinski definition) is 1. The second-order valence-corrected chi connectivity index (χ2v) is 3.54. The highest BCUT2D eigenvalue weighted by atomic mass is 16.7. The molecule has 0 aliphatic carbocycles. The van der Waals surface area contributed by atoms with E-state index in [1.165, 1.54) is 20.3 Å². The van der Waals surface area contributed by atoms with Crippen LogP contribution in [-0.2, 0) is 9.47 Å². The summed E-state index contributed by atoms with van der Waals surface area (Å²) < 4.78 is 10.5. The average molecular weight is 200 g/mol. The van der Waals surface area contributed by atoms with Crippen molar-refractivity contribution in [2.45, 2.75) is 32.2 Å². The van der Waals surface area contributed by atoms with E-state index in [-0.39, 0.29) is 0 Å². The van der Waals surface area contributed by atoms with Crippen LogP contribution in [0.15, 0.2) is 24.3 Å². The van der Waals surface area contributed by atoms with E-state index in [2.05, 4.69) is 6.58 Å². The fourth-order valence-electron chi connectivity index (χ4n) is 1.56. The summed E-state index contributed by atoms with van der Waals surface area (Å²) in [6.45, 7) is 8.84. The Morgan fingerprint density at radius 1 is 1.29 bits per heavy atom. The number of allylic oxidation sites excluding steroid dienone is 1. The normalized spacial score (nSPS) is 14.3. The third-order valence-corrected chi connectivity index (χ3v) is 2.20. The van der Waals surface area contributed by atoms with Gasteiger partial charge in [0.1, 0.15) is 0 Å². The zero-order valence-electron chi connectivity index (χ0n) is 9.63. The molecule has 3 nitrogen and oxygen atoms in total. The Hall–Kier alpha value is -0.640. The van der Waals surface area contributed by atoms with Crippen LogP contribution in [-0.4, -0.2) is 30.7 Å². The highest BCUT2D eigenvalue weighted by Crippen LogP contribution is 2.31. The molecule has 0 rings (SSSR count). The summed E-state index contributed by atoms with van der Waals surface area (Å²) in [6, 6.07) is 0. The maximum Gasteiger partial charge on any atom is 0.212 e. The van der Waals surface area contributed by atoms with E-state index in [1.54, 1.807) is 19.9 Å². The molecular formula is C11H20O3. The zero-order valence-corrected chi connectivity index (χ0v) is 9.63. The Bertz CT molecular complexity index is 219. The second kappa shape index (κ2) is 4.73. The van der Waals surface area contributed by atoms with Gasteiger partial charge in [0.15, 0.2) is 0 Å². The fourth-order valence-corrected chi connectivity index (χ4v) is 1.56. The van der Waals surface area contributed by atoms with Crippen molar-refractivity contribution in [3.05, 3.63) is 24.3 Å². The van der Waals surface area contributed by atoms with E-state index < -0.39 is 11.4 Å². The van der Waals surface area contributed by atoms with Gasteiger partial charge in [-0.15, -0.1) is 0 Å². The third-order valence-electron chi connectivity index (χ3n) is 2.20. The van der Waals surface area contributed by atoms with Crippen LogP contribution in [0, 0.1) is 0 Å². The largest absolute Gasteiger partial charge is 0.386 e. The first-order chi connectivity index (χ1) is 6.37. The predicted molar refractivity (Wildman–Crippen MR) is 57.0 cm³/mol. The highest BCUT2D eigenvalue weighted by molar-refractivity contribution is 5.27. The topological polar surface area (TPSA) is 38.7 Å². The summed E-state index contributed by atoms with van der Waals surface area (Å²) >= 11 is 0. The van der Waals surface area contributed by atoms with Crippen molar-refractivity contribution in [1.82, 2.24) is 0 Å². The molecule has 0 heterocycles. The lowest BCUT2D eigenvalue weighted by atomic mass is 9.90.